The van der Waals surface area contributed by atoms with Crippen LogP contribution in [0.4, 0.5) is 0 Å². The van der Waals surface area contributed by atoms with Crippen LogP contribution in [0.5, 0.6) is 5.75 Å². The molecule has 1 N–H and O–H groups in total. The SMILES string of the molecule is COC(=O)c1scc(-c2ccccc2)c1O. The predicted octanol–water partition coefficient (Wildman–Crippen LogP) is 2.91. The van der Waals surface area contributed by atoms with Crippen LogP contribution in [0.2, 0.25) is 0 Å². The van der Waals surface area contributed by atoms with E-state index in [4.69, 9.17) is 0 Å². The molecule has 0 saturated heterocycles. The van der Waals surface area contributed by atoms with Gasteiger partial charge in [-0.1, -0.05) is 30.3 Å². The van der Waals surface area contributed by atoms with Gasteiger partial charge in [-0.25, -0.2) is 4.79 Å². The summed E-state index contributed by atoms with van der Waals surface area (Å²) in [5, 5.41) is 11.6. The molecule has 1 aromatic heterocycles. The van der Waals surface area contributed by atoms with Gasteiger partial charge >= 0.3 is 5.97 Å². The van der Waals surface area contributed by atoms with Gasteiger partial charge in [0.1, 0.15) is 5.75 Å². The monoisotopic (exact) mass is 234 g/mol. The van der Waals surface area contributed by atoms with Crippen molar-refractivity contribution in [2.24, 2.45) is 0 Å². The lowest BCUT2D eigenvalue weighted by molar-refractivity contribution is 0.0603. The number of benzene rings is 1. The van der Waals surface area contributed by atoms with Gasteiger partial charge in [-0.15, -0.1) is 11.3 Å². The van der Waals surface area contributed by atoms with E-state index in [1.165, 1.54) is 18.4 Å². The molecule has 4 heteroatoms. The quantitative estimate of drug-likeness (QED) is 0.813. The van der Waals surface area contributed by atoms with Crippen LogP contribution in [0.25, 0.3) is 11.1 Å². The molecule has 0 fully saturated rings. The van der Waals surface area contributed by atoms with Crippen LogP contribution in [0.1, 0.15) is 9.67 Å². The first-order chi connectivity index (χ1) is 7.74. The van der Waals surface area contributed by atoms with Crippen molar-refractivity contribution >= 4 is 17.3 Å². The first kappa shape index (κ1) is 10.7. The van der Waals surface area contributed by atoms with Gasteiger partial charge in [0.05, 0.1) is 7.11 Å². The number of carbonyl (C=O) groups is 1. The molecule has 0 aliphatic rings. The second-order valence-corrected chi connectivity index (χ2v) is 4.06. The molecule has 2 rings (SSSR count). The van der Waals surface area contributed by atoms with E-state index in [0.717, 1.165) is 5.56 Å². The van der Waals surface area contributed by atoms with E-state index in [9.17, 15) is 9.90 Å². The molecule has 2 aromatic rings. The Kier molecular flexibility index (Phi) is 2.92. The Balaban J connectivity index is 2.45. The maximum absolute atomic E-state index is 11.3. The van der Waals surface area contributed by atoms with E-state index in [-0.39, 0.29) is 10.6 Å². The summed E-state index contributed by atoms with van der Waals surface area (Å²) < 4.78 is 4.58. The van der Waals surface area contributed by atoms with Crippen molar-refractivity contribution < 1.29 is 14.6 Å². The molecular formula is C12H10O3S. The summed E-state index contributed by atoms with van der Waals surface area (Å²) >= 11 is 1.18. The number of ether oxygens (including phenoxy) is 1. The van der Waals surface area contributed by atoms with Crippen LogP contribution in [-0.2, 0) is 4.74 Å². The minimum Gasteiger partial charge on any atom is -0.505 e. The van der Waals surface area contributed by atoms with Crippen molar-refractivity contribution in [2.75, 3.05) is 7.11 Å². The second-order valence-electron chi connectivity index (χ2n) is 3.18. The Bertz CT molecular complexity index is 502. The molecule has 0 spiro atoms. The van der Waals surface area contributed by atoms with Crippen LogP contribution in [-0.4, -0.2) is 18.2 Å². The summed E-state index contributed by atoms with van der Waals surface area (Å²) in [6, 6.07) is 9.41. The number of esters is 1. The third-order valence-electron chi connectivity index (χ3n) is 2.22. The number of hydrogen-bond acceptors (Lipinski definition) is 4. The zero-order valence-electron chi connectivity index (χ0n) is 8.64. The highest BCUT2D eigenvalue weighted by molar-refractivity contribution is 7.12. The molecule has 0 aliphatic heterocycles. The molecule has 0 aliphatic carbocycles. The molecule has 3 nitrogen and oxygen atoms in total. The van der Waals surface area contributed by atoms with Gasteiger partial charge in [-0.05, 0) is 5.56 Å². The van der Waals surface area contributed by atoms with Gasteiger partial charge < -0.3 is 9.84 Å². The minimum absolute atomic E-state index is 0.0111. The fraction of sp³-hybridized carbons (Fsp3) is 0.0833. The van der Waals surface area contributed by atoms with Gasteiger partial charge in [0.2, 0.25) is 0 Å². The maximum atomic E-state index is 11.3. The molecule has 0 saturated carbocycles. The topological polar surface area (TPSA) is 46.5 Å². The predicted molar refractivity (Wildman–Crippen MR) is 62.8 cm³/mol. The lowest BCUT2D eigenvalue weighted by Crippen LogP contribution is -1.97. The Morgan fingerprint density at radius 1 is 1.31 bits per heavy atom. The average molecular weight is 234 g/mol. The summed E-state index contributed by atoms with van der Waals surface area (Å²) in [5.41, 5.74) is 1.54. The van der Waals surface area contributed by atoms with E-state index < -0.39 is 5.97 Å². The van der Waals surface area contributed by atoms with Crippen LogP contribution in [0.3, 0.4) is 0 Å². The summed E-state index contributed by atoms with van der Waals surface area (Å²) in [4.78, 5) is 11.5. The van der Waals surface area contributed by atoms with Crippen molar-refractivity contribution in [1.29, 1.82) is 0 Å². The molecule has 0 bridgehead atoms. The standard InChI is InChI=1S/C12H10O3S/c1-15-12(14)11-10(13)9(7-16-11)8-5-3-2-4-6-8/h2-7,13H,1H3. The number of rotatable bonds is 2. The molecule has 1 heterocycles. The lowest BCUT2D eigenvalue weighted by Gasteiger charge is -2.00. The van der Waals surface area contributed by atoms with E-state index >= 15 is 0 Å². The van der Waals surface area contributed by atoms with Crippen molar-refractivity contribution in [3.63, 3.8) is 0 Å². The lowest BCUT2D eigenvalue weighted by atomic mass is 10.1. The number of methoxy groups -OCH3 is 1. The van der Waals surface area contributed by atoms with Crippen molar-refractivity contribution in [3.8, 4) is 16.9 Å². The van der Waals surface area contributed by atoms with E-state index in [1.807, 2.05) is 30.3 Å². The second kappa shape index (κ2) is 4.37. The number of carbonyl (C=O) groups excluding carboxylic acids is 1. The molecule has 1 aromatic carbocycles. The molecular weight excluding hydrogens is 224 g/mol. The summed E-state index contributed by atoms with van der Waals surface area (Å²) in [6.07, 6.45) is 0. The molecule has 82 valence electrons. The Hall–Kier alpha value is -1.81. The van der Waals surface area contributed by atoms with Crippen LogP contribution in [0, 0.1) is 0 Å². The fourth-order valence-corrected chi connectivity index (χ4v) is 2.30. The number of thiophene rings is 1. The number of aromatic hydroxyl groups is 1. The third-order valence-corrected chi connectivity index (χ3v) is 3.17. The molecule has 0 unspecified atom stereocenters. The zero-order chi connectivity index (χ0) is 11.5. The Morgan fingerprint density at radius 2 is 2.00 bits per heavy atom. The Labute approximate surface area is 96.9 Å². The molecule has 0 radical (unpaired) electrons. The highest BCUT2D eigenvalue weighted by Gasteiger charge is 2.18. The first-order valence-electron chi connectivity index (χ1n) is 4.68. The van der Waals surface area contributed by atoms with E-state index in [2.05, 4.69) is 4.74 Å². The van der Waals surface area contributed by atoms with Crippen molar-refractivity contribution in [2.45, 2.75) is 0 Å². The normalized spacial score (nSPS) is 10.1. The molecule has 16 heavy (non-hydrogen) atoms. The zero-order valence-corrected chi connectivity index (χ0v) is 9.45. The third kappa shape index (κ3) is 1.79. The highest BCUT2D eigenvalue weighted by Crippen LogP contribution is 2.37. The van der Waals surface area contributed by atoms with Gasteiger partial charge in [0, 0.05) is 10.9 Å². The average Bonchev–Trinajstić information content (AvgIpc) is 2.71. The Morgan fingerprint density at radius 3 is 2.62 bits per heavy atom. The summed E-state index contributed by atoms with van der Waals surface area (Å²) in [6.45, 7) is 0. The summed E-state index contributed by atoms with van der Waals surface area (Å²) in [7, 11) is 1.30. The molecule has 0 amide bonds. The smallest absolute Gasteiger partial charge is 0.351 e. The van der Waals surface area contributed by atoms with Gasteiger partial charge in [0.15, 0.2) is 4.88 Å². The van der Waals surface area contributed by atoms with Crippen LogP contribution >= 0.6 is 11.3 Å². The first-order valence-corrected chi connectivity index (χ1v) is 5.56. The van der Waals surface area contributed by atoms with Crippen molar-refractivity contribution in [3.05, 3.63) is 40.6 Å². The highest BCUT2D eigenvalue weighted by atomic mass is 32.1. The fourth-order valence-electron chi connectivity index (χ4n) is 1.41. The van der Waals surface area contributed by atoms with Gasteiger partial charge in [-0.3, -0.25) is 0 Å². The van der Waals surface area contributed by atoms with Crippen molar-refractivity contribution in [1.82, 2.24) is 0 Å². The minimum atomic E-state index is -0.510. The van der Waals surface area contributed by atoms with Crippen LogP contribution in [0.15, 0.2) is 35.7 Å². The number of hydrogen-bond donors (Lipinski definition) is 1. The largest absolute Gasteiger partial charge is 0.505 e. The summed E-state index contributed by atoms with van der Waals surface area (Å²) in [5.74, 6) is -0.521. The van der Waals surface area contributed by atoms with Crippen LogP contribution < -0.4 is 0 Å². The van der Waals surface area contributed by atoms with E-state index in [0.29, 0.717) is 5.56 Å². The van der Waals surface area contributed by atoms with Gasteiger partial charge in [-0.2, -0.15) is 0 Å². The molecule has 0 atom stereocenters. The maximum Gasteiger partial charge on any atom is 0.351 e. The van der Waals surface area contributed by atoms with Gasteiger partial charge in [0.25, 0.3) is 0 Å². The van der Waals surface area contributed by atoms with E-state index in [1.54, 1.807) is 5.38 Å².